The zero-order valence-electron chi connectivity index (χ0n) is 28.8. The zero-order valence-corrected chi connectivity index (χ0v) is 28.8. The maximum Gasteiger partial charge on any atom is 0.410 e. The van der Waals surface area contributed by atoms with E-state index in [1.807, 2.05) is 66.6 Å². The van der Waals surface area contributed by atoms with Gasteiger partial charge in [0, 0.05) is 64.1 Å². The number of aromatic amines is 1. The maximum atomic E-state index is 12.0. The fourth-order valence-electron chi connectivity index (χ4n) is 4.54. The molecule has 3 heterocycles. The summed E-state index contributed by atoms with van der Waals surface area (Å²) in [7, 11) is 6.98. The lowest BCUT2D eigenvalue weighted by atomic mass is 9.95. The van der Waals surface area contributed by atoms with Crippen molar-refractivity contribution < 1.29 is 33.3 Å². The van der Waals surface area contributed by atoms with Gasteiger partial charge in [0.2, 0.25) is 6.41 Å². The topological polar surface area (TPSA) is 179 Å². The SMILES string of the molecule is CC(=O)C1CCCN(C(=O)OC(C)(C)C)C1.CC(C)(C)OC(=O)N1CCCC(c2ccn[nH]2)C1.COC(OC)N(C)C.NN. The van der Waals surface area contributed by atoms with Crippen LogP contribution in [0.25, 0.3) is 0 Å². The molecule has 3 rings (SSSR count). The van der Waals surface area contributed by atoms with E-state index in [2.05, 4.69) is 21.9 Å². The van der Waals surface area contributed by atoms with Crippen LogP contribution in [0.5, 0.6) is 0 Å². The lowest BCUT2D eigenvalue weighted by Crippen LogP contribution is -2.44. The number of ketones is 1. The number of hydrazine groups is 1. The molecule has 2 amide bonds. The Balaban J connectivity index is 0.000000654. The van der Waals surface area contributed by atoms with Crippen molar-refractivity contribution in [1.29, 1.82) is 0 Å². The van der Waals surface area contributed by atoms with E-state index in [4.69, 9.17) is 18.9 Å². The summed E-state index contributed by atoms with van der Waals surface area (Å²) in [5.74, 6) is 8.49. The number of hydrogen-bond acceptors (Lipinski definition) is 11. The highest BCUT2D eigenvalue weighted by Gasteiger charge is 2.30. The summed E-state index contributed by atoms with van der Waals surface area (Å²) in [6.45, 7) is 15.5. The summed E-state index contributed by atoms with van der Waals surface area (Å²) >= 11 is 0. The van der Waals surface area contributed by atoms with Gasteiger partial charge in [0.05, 0.1) is 0 Å². The summed E-state index contributed by atoms with van der Waals surface area (Å²) in [4.78, 5) is 40.3. The van der Waals surface area contributed by atoms with Crippen molar-refractivity contribution in [3.05, 3.63) is 18.0 Å². The Morgan fingerprint density at radius 1 is 0.909 bits per heavy atom. The van der Waals surface area contributed by atoms with Gasteiger partial charge in [-0.15, -0.1) is 0 Å². The predicted molar refractivity (Wildman–Crippen MR) is 169 cm³/mol. The van der Waals surface area contributed by atoms with Crippen molar-refractivity contribution >= 4 is 18.0 Å². The highest BCUT2D eigenvalue weighted by atomic mass is 16.7. The molecule has 0 aromatic carbocycles. The van der Waals surface area contributed by atoms with E-state index in [9.17, 15) is 14.4 Å². The minimum absolute atomic E-state index is 0.0127. The molecule has 0 aliphatic carbocycles. The van der Waals surface area contributed by atoms with Gasteiger partial charge in [-0.25, -0.2) is 9.59 Å². The number of carbonyl (C=O) groups is 3. The second kappa shape index (κ2) is 20.3. The van der Waals surface area contributed by atoms with Crippen molar-refractivity contribution in [3.63, 3.8) is 0 Å². The van der Waals surface area contributed by atoms with Gasteiger partial charge >= 0.3 is 12.2 Å². The van der Waals surface area contributed by atoms with Gasteiger partial charge in [0.15, 0.2) is 0 Å². The number of nitrogens with one attached hydrogen (secondary N) is 1. The van der Waals surface area contributed by atoms with Crippen molar-refractivity contribution in [1.82, 2.24) is 24.9 Å². The van der Waals surface area contributed by atoms with Crippen LogP contribution in [-0.4, -0.2) is 115 Å². The molecule has 0 saturated carbocycles. The molecule has 0 radical (unpaired) electrons. The number of H-pyrrole nitrogens is 1. The normalized spacial score (nSPS) is 18.6. The molecule has 2 aliphatic rings. The number of nitrogens with zero attached hydrogens (tertiary/aromatic N) is 4. The van der Waals surface area contributed by atoms with Gasteiger partial charge in [-0.1, -0.05) is 0 Å². The van der Waals surface area contributed by atoms with Gasteiger partial charge in [0.25, 0.3) is 0 Å². The average molecular weight is 630 g/mol. The van der Waals surface area contributed by atoms with Crippen molar-refractivity contribution in [2.45, 2.75) is 97.7 Å². The Labute approximate surface area is 264 Å². The Morgan fingerprint density at radius 2 is 1.39 bits per heavy atom. The summed E-state index contributed by atoms with van der Waals surface area (Å²) in [5, 5.41) is 6.95. The number of rotatable bonds is 5. The van der Waals surface area contributed by atoms with Gasteiger partial charge in [0.1, 0.15) is 17.0 Å². The lowest BCUT2D eigenvalue weighted by molar-refractivity contribution is -0.179. The van der Waals surface area contributed by atoms with E-state index in [0.717, 1.165) is 37.9 Å². The van der Waals surface area contributed by atoms with E-state index in [1.165, 1.54) is 0 Å². The quantitative estimate of drug-likeness (QED) is 0.246. The van der Waals surface area contributed by atoms with Crippen LogP contribution in [0.1, 0.15) is 85.8 Å². The molecule has 2 aliphatic heterocycles. The standard InChI is InChI=1S/C13H21N3O2.C12H21NO3.C5H13NO2.H4N2/c1-13(2,3)18-12(17)16-8-4-5-10(9-16)11-6-7-14-15-11;1-9(14)10-6-5-7-13(8-10)11(15)16-12(2,3)4;1-6(2)5(7-3)8-4;1-2/h6-7,10H,4-5,8-9H2,1-3H3,(H,14,15);10H,5-8H2,1-4H3;5H,1-4H3;1-2H2. The first-order valence-electron chi connectivity index (χ1n) is 15.0. The third kappa shape index (κ3) is 16.9. The minimum Gasteiger partial charge on any atom is -0.444 e. The first kappa shape index (κ1) is 41.2. The predicted octanol–water partition coefficient (Wildman–Crippen LogP) is 3.69. The molecule has 5 N–H and O–H groups in total. The number of methoxy groups -OCH3 is 2. The van der Waals surface area contributed by atoms with E-state index in [0.29, 0.717) is 25.6 Å². The third-order valence-electron chi connectivity index (χ3n) is 6.51. The molecule has 256 valence electrons. The molecular weight excluding hydrogens is 570 g/mol. The lowest BCUT2D eigenvalue weighted by Gasteiger charge is -2.33. The Kier molecular flexibility index (Phi) is 19.0. The van der Waals surface area contributed by atoms with E-state index < -0.39 is 11.2 Å². The number of aromatic nitrogens is 2. The van der Waals surface area contributed by atoms with Crippen LogP contribution in [-0.2, 0) is 23.7 Å². The number of nitrogens with two attached hydrogens (primary N) is 2. The highest BCUT2D eigenvalue weighted by Crippen LogP contribution is 2.26. The molecule has 2 fully saturated rings. The van der Waals surface area contributed by atoms with Gasteiger partial charge < -0.3 is 28.7 Å². The minimum atomic E-state index is -0.472. The number of hydrogen-bond donors (Lipinski definition) is 3. The molecule has 1 aromatic heterocycles. The number of ether oxygens (including phenoxy) is 4. The average Bonchev–Trinajstić information content (AvgIpc) is 3.49. The first-order chi connectivity index (χ1) is 20.5. The van der Waals surface area contributed by atoms with Crippen molar-refractivity contribution in [3.8, 4) is 0 Å². The molecule has 2 saturated heterocycles. The van der Waals surface area contributed by atoms with Gasteiger partial charge in [-0.3, -0.25) is 26.5 Å². The maximum absolute atomic E-state index is 12.0. The van der Waals surface area contributed by atoms with Crippen LogP contribution in [0.15, 0.2) is 12.3 Å². The number of amides is 2. The monoisotopic (exact) mass is 629 g/mol. The fraction of sp³-hybridized carbons (Fsp3) is 0.800. The Morgan fingerprint density at radius 3 is 1.75 bits per heavy atom. The molecule has 0 bridgehead atoms. The molecule has 14 heteroatoms. The van der Waals surface area contributed by atoms with Crippen LogP contribution in [0, 0.1) is 5.92 Å². The first-order valence-corrected chi connectivity index (χ1v) is 15.0. The van der Waals surface area contributed by atoms with Crippen LogP contribution in [0.2, 0.25) is 0 Å². The smallest absolute Gasteiger partial charge is 0.410 e. The second-order valence-electron chi connectivity index (χ2n) is 12.9. The fourth-order valence-corrected chi connectivity index (χ4v) is 4.54. The van der Waals surface area contributed by atoms with Crippen LogP contribution in [0.4, 0.5) is 9.59 Å². The number of likely N-dealkylation sites (tertiary alicyclic amines) is 2. The zero-order chi connectivity index (χ0) is 34.1. The summed E-state index contributed by atoms with van der Waals surface area (Å²) in [6, 6.07) is 1.98. The van der Waals surface area contributed by atoms with Gasteiger partial charge in [-0.2, -0.15) is 5.10 Å². The Bertz CT molecular complexity index is 943. The molecular formula is C30H59N7O7. The molecule has 2 unspecified atom stereocenters. The molecule has 44 heavy (non-hydrogen) atoms. The number of Topliss-reactive ketones (excluding diaryl/α,β-unsaturated/α-hetero) is 1. The summed E-state index contributed by atoms with van der Waals surface area (Å²) < 4.78 is 20.4. The highest BCUT2D eigenvalue weighted by molar-refractivity contribution is 5.79. The number of piperidine rings is 2. The van der Waals surface area contributed by atoms with Crippen LogP contribution in [0.3, 0.4) is 0 Å². The summed E-state index contributed by atoms with van der Waals surface area (Å²) in [6.07, 6.45) is 4.87. The van der Waals surface area contributed by atoms with Crippen LogP contribution < -0.4 is 11.7 Å². The molecule has 14 nitrogen and oxygen atoms in total. The molecule has 0 spiro atoms. The van der Waals surface area contributed by atoms with Crippen LogP contribution >= 0.6 is 0 Å². The molecule has 1 aromatic rings. The molecule has 2 atom stereocenters. The third-order valence-corrected chi connectivity index (χ3v) is 6.51. The van der Waals surface area contributed by atoms with E-state index in [-0.39, 0.29) is 30.3 Å². The summed E-state index contributed by atoms with van der Waals surface area (Å²) in [5.41, 5.74) is 0.196. The van der Waals surface area contributed by atoms with Crippen molar-refractivity contribution in [2.75, 3.05) is 54.5 Å². The van der Waals surface area contributed by atoms with E-state index in [1.54, 1.807) is 37.1 Å². The second-order valence-corrected chi connectivity index (χ2v) is 12.9. The number of carbonyl (C=O) groups excluding carboxylic acids is 3. The van der Waals surface area contributed by atoms with Gasteiger partial charge in [-0.05, 0) is 94.3 Å². The largest absolute Gasteiger partial charge is 0.444 e. The Hall–Kier alpha value is -2.78. The van der Waals surface area contributed by atoms with E-state index >= 15 is 0 Å². The van der Waals surface area contributed by atoms with Crippen molar-refractivity contribution in [2.24, 2.45) is 17.6 Å².